The van der Waals surface area contributed by atoms with Crippen LogP contribution in [-0.4, -0.2) is 20.7 Å². The number of carbonyl (C=O) groups excluding carboxylic acids is 1. The van der Waals surface area contributed by atoms with E-state index >= 15 is 0 Å². The van der Waals surface area contributed by atoms with Crippen LogP contribution in [0.3, 0.4) is 0 Å². The topological polar surface area (TPSA) is 26.3 Å². The monoisotopic (exact) mass is 328 g/mol. The highest BCUT2D eigenvalue weighted by atomic mass is 28.4. The Hall–Kier alpha value is -0.153. The van der Waals surface area contributed by atoms with Gasteiger partial charge in [0.15, 0.2) is 8.32 Å². The van der Waals surface area contributed by atoms with E-state index in [4.69, 9.17) is 4.43 Å². The number of Topliss-reactive ketones (excluding diaryl/α,β-unsaturated/α-hetero) is 1. The third-order valence-electron chi connectivity index (χ3n) is 4.93. The molecule has 0 radical (unpaired) electrons. The summed E-state index contributed by atoms with van der Waals surface area (Å²) in [7, 11) is -1.60. The predicted molar refractivity (Wildman–Crippen MR) is 100 cm³/mol. The maximum Gasteiger partial charge on any atom is 0.191 e. The third-order valence-corrected chi connectivity index (χ3v) is 9.47. The SMILES string of the molecule is CCCCCCCCC(=O)CCCCO[Si](C)(C)C(C)(C)C. The first-order chi connectivity index (χ1) is 10.2. The van der Waals surface area contributed by atoms with Crippen LogP contribution < -0.4 is 0 Å². The van der Waals surface area contributed by atoms with Crippen molar-refractivity contribution in [2.24, 2.45) is 0 Å². The summed E-state index contributed by atoms with van der Waals surface area (Å²) in [6.45, 7) is 14.4. The molecule has 0 aliphatic rings. The molecule has 0 amide bonds. The van der Waals surface area contributed by atoms with Crippen LogP contribution in [0.2, 0.25) is 18.1 Å². The third kappa shape index (κ3) is 10.6. The second-order valence-electron chi connectivity index (χ2n) is 8.12. The van der Waals surface area contributed by atoms with Crippen molar-refractivity contribution >= 4 is 14.1 Å². The van der Waals surface area contributed by atoms with Crippen molar-refractivity contribution in [3.63, 3.8) is 0 Å². The highest BCUT2D eigenvalue weighted by Crippen LogP contribution is 2.36. The van der Waals surface area contributed by atoms with Gasteiger partial charge >= 0.3 is 0 Å². The lowest BCUT2D eigenvalue weighted by atomic mass is 10.0. The van der Waals surface area contributed by atoms with E-state index in [-0.39, 0.29) is 5.04 Å². The summed E-state index contributed by atoms with van der Waals surface area (Å²) in [6, 6.07) is 0. The molecule has 0 spiro atoms. The molecular formula is C19H40O2Si. The Labute approximate surface area is 140 Å². The van der Waals surface area contributed by atoms with E-state index in [0.717, 1.165) is 38.7 Å². The highest BCUT2D eigenvalue weighted by molar-refractivity contribution is 6.74. The van der Waals surface area contributed by atoms with E-state index in [1.54, 1.807) is 0 Å². The fourth-order valence-electron chi connectivity index (χ4n) is 2.20. The maximum absolute atomic E-state index is 11.8. The van der Waals surface area contributed by atoms with Crippen LogP contribution in [0.15, 0.2) is 0 Å². The van der Waals surface area contributed by atoms with Crippen molar-refractivity contribution in [3.05, 3.63) is 0 Å². The lowest BCUT2D eigenvalue weighted by molar-refractivity contribution is -0.119. The van der Waals surface area contributed by atoms with Crippen molar-refractivity contribution in [3.8, 4) is 0 Å². The van der Waals surface area contributed by atoms with E-state index < -0.39 is 8.32 Å². The van der Waals surface area contributed by atoms with Crippen LogP contribution in [0.25, 0.3) is 0 Å². The number of hydrogen-bond acceptors (Lipinski definition) is 2. The molecule has 22 heavy (non-hydrogen) atoms. The number of unbranched alkanes of at least 4 members (excludes halogenated alkanes) is 6. The Morgan fingerprint density at radius 2 is 1.36 bits per heavy atom. The minimum Gasteiger partial charge on any atom is -0.417 e. The number of rotatable bonds is 13. The number of hydrogen-bond donors (Lipinski definition) is 0. The quantitative estimate of drug-likeness (QED) is 0.285. The summed E-state index contributed by atoms with van der Waals surface area (Å²) >= 11 is 0. The molecule has 0 bridgehead atoms. The van der Waals surface area contributed by atoms with Crippen molar-refractivity contribution in [1.29, 1.82) is 0 Å². The van der Waals surface area contributed by atoms with Crippen molar-refractivity contribution < 1.29 is 9.22 Å². The Morgan fingerprint density at radius 1 is 0.864 bits per heavy atom. The summed E-state index contributed by atoms with van der Waals surface area (Å²) in [4.78, 5) is 11.8. The van der Waals surface area contributed by atoms with Crippen LogP contribution in [-0.2, 0) is 9.22 Å². The number of ketones is 1. The van der Waals surface area contributed by atoms with E-state index in [1.807, 2.05) is 0 Å². The molecule has 3 heteroatoms. The number of carbonyl (C=O) groups is 1. The molecule has 0 aromatic heterocycles. The van der Waals surface area contributed by atoms with Gasteiger partial charge in [-0.1, -0.05) is 59.8 Å². The molecule has 0 N–H and O–H groups in total. The smallest absolute Gasteiger partial charge is 0.191 e. The average Bonchev–Trinajstić information content (AvgIpc) is 2.41. The zero-order valence-corrected chi connectivity index (χ0v) is 17.1. The van der Waals surface area contributed by atoms with Crippen LogP contribution in [0.1, 0.15) is 91.9 Å². The van der Waals surface area contributed by atoms with Gasteiger partial charge in [0.05, 0.1) is 0 Å². The van der Waals surface area contributed by atoms with Gasteiger partial charge in [-0.25, -0.2) is 0 Å². The molecular weight excluding hydrogens is 288 g/mol. The molecule has 2 nitrogen and oxygen atoms in total. The van der Waals surface area contributed by atoms with E-state index in [1.165, 1.54) is 32.1 Å². The van der Waals surface area contributed by atoms with Gasteiger partial charge in [0.2, 0.25) is 0 Å². The van der Waals surface area contributed by atoms with Gasteiger partial charge in [0.25, 0.3) is 0 Å². The molecule has 0 saturated heterocycles. The Balaban J connectivity index is 3.53. The zero-order chi connectivity index (χ0) is 17.1. The molecule has 0 aromatic carbocycles. The Kier molecular flexibility index (Phi) is 11.3. The minimum atomic E-state index is -1.60. The molecule has 0 aromatic rings. The first-order valence-corrected chi connectivity index (χ1v) is 12.3. The minimum absolute atomic E-state index is 0.278. The van der Waals surface area contributed by atoms with Crippen molar-refractivity contribution in [2.45, 2.75) is 110 Å². The Morgan fingerprint density at radius 3 is 1.91 bits per heavy atom. The lowest BCUT2D eigenvalue weighted by Crippen LogP contribution is -2.40. The second kappa shape index (κ2) is 11.4. The molecule has 0 aliphatic carbocycles. The fraction of sp³-hybridized carbons (Fsp3) is 0.947. The normalized spacial score (nSPS) is 12.6. The van der Waals surface area contributed by atoms with Gasteiger partial charge in [-0.3, -0.25) is 4.79 Å². The molecule has 0 atom stereocenters. The van der Waals surface area contributed by atoms with Gasteiger partial charge < -0.3 is 4.43 Å². The van der Waals surface area contributed by atoms with Gasteiger partial charge in [0, 0.05) is 19.4 Å². The summed E-state index contributed by atoms with van der Waals surface area (Å²) < 4.78 is 6.14. The molecule has 0 unspecified atom stereocenters. The van der Waals surface area contributed by atoms with Gasteiger partial charge in [-0.15, -0.1) is 0 Å². The van der Waals surface area contributed by atoms with Crippen molar-refractivity contribution in [2.75, 3.05) is 6.61 Å². The van der Waals surface area contributed by atoms with E-state index in [2.05, 4.69) is 40.8 Å². The molecule has 0 heterocycles. The average molecular weight is 329 g/mol. The summed E-state index contributed by atoms with van der Waals surface area (Å²) in [6.07, 6.45) is 11.1. The maximum atomic E-state index is 11.8. The lowest BCUT2D eigenvalue weighted by Gasteiger charge is -2.36. The standard InChI is InChI=1S/C19H40O2Si/c1-7-8-9-10-11-12-15-18(20)16-13-14-17-21-22(5,6)19(2,3)4/h7-17H2,1-6H3. The van der Waals surface area contributed by atoms with Crippen LogP contribution in [0.4, 0.5) is 0 Å². The largest absolute Gasteiger partial charge is 0.417 e. The van der Waals surface area contributed by atoms with Crippen LogP contribution in [0.5, 0.6) is 0 Å². The van der Waals surface area contributed by atoms with E-state index in [9.17, 15) is 4.79 Å². The first kappa shape index (κ1) is 21.8. The first-order valence-electron chi connectivity index (χ1n) is 9.36. The highest BCUT2D eigenvalue weighted by Gasteiger charge is 2.36. The zero-order valence-electron chi connectivity index (χ0n) is 16.1. The summed E-state index contributed by atoms with van der Waals surface area (Å²) in [5.41, 5.74) is 0. The van der Waals surface area contributed by atoms with Gasteiger partial charge in [0.1, 0.15) is 5.78 Å². The molecule has 0 fully saturated rings. The second-order valence-corrected chi connectivity index (χ2v) is 12.9. The molecule has 0 rings (SSSR count). The predicted octanol–water partition coefficient (Wildman–Crippen LogP) is 6.50. The molecule has 0 aliphatic heterocycles. The summed E-state index contributed by atoms with van der Waals surface area (Å²) in [5, 5.41) is 0.278. The van der Waals surface area contributed by atoms with Crippen LogP contribution >= 0.6 is 0 Å². The van der Waals surface area contributed by atoms with E-state index in [0.29, 0.717) is 5.78 Å². The molecule has 132 valence electrons. The van der Waals surface area contributed by atoms with Crippen molar-refractivity contribution in [1.82, 2.24) is 0 Å². The van der Waals surface area contributed by atoms with Gasteiger partial charge in [-0.2, -0.15) is 0 Å². The fourth-order valence-corrected chi connectivity index (χ4v) is 3.28. The van der Waals surface area contributed by atoms with Crippen LogP contribution in [0, 0.1) is 0 Å². The Bertz CT molecular complexity index is 292. The van der Waals surface area contributed by atoms with Gasteiger partial charge in [-0.05, 0) is 37.4 Å². The molecule has 0 saturated carbocycles. The summed E-state index contributed by atoms with van der Waals surface area (Å²) in [5.74, 6) is 0.447.